The van der Waals surface area contributed by atoms with Crippen molar-refractivity contribution in [1.82, 2.24) is 10.6 Å². The summed E-state index contributed by atoms with van der Waals surface area (Å²) in [4.78, 5) is 24.0. The zero-order valence-corrected chi connectivity index (χ0v) is 18.5. The van der Waals surface area contributed by atoms with Crippen LogP contribution in [0.2, 0.25) is 0 Å². The lowest BCUT2D eigenvalue weighted by atomic mass is 9.96. The maximum absolute atomic E-state index is 12.0. The molecule has 0 spiro atoms. The molecule has 0 aliphatic rings. The molecule has 4 N–H and O–H groups in total. The molecule has 0 saturated carbocycles. The van der Waals surface area contributed by atoms with Gasteiger partial charge in [0, 0.05) is 22.2 Å². The van der Waals surface area contributed by atoms with Crippen molar-refractivity contribution in [3.8, 4) is 0 Å². The van der Waals surface area contributed by atoms with E-state index in [2.05, 4.69) is 21.3 Å². The third-order valence-corrected chi connectivity index (χ3v) is 3.96. The Hall–Kier alpha value is -2.06. The Morgan fingerprint density at radius 2 is 1.26 bits per heavy atom. The third kappa shape index (κ3) is 7.60. The molecule has 0 aliphatic carbocycles. The van der Waals surface area contributed by atoms with Gasteiger partial charge in [-0.1, -0.05) is 41.5 Å². The summed E-state index contributed by atoms with van der Waals surface area (Å²) in [5, 5.41) is 11.8. The fourth-order valence-electron chi connectivity index (χ4n) is 1.78. The van der Waals surface area contributed by atoms with Crippen molar-refractivity contribution in [2.75, 3.05) is 10.6 Å². The Bertz CT molecular complexity index is 762. The molecule has 0 bridgehead atoms. The van der Waals surface area contributed by atoms with Gasteiger partial charge in [0.1, 0.15) is 0 Å². The lowest BCUT2D eigenvalue weighted by Gasteiger charge is -2.20. The topological polar surface area (TPSA) is 82.3 Å². The molecule has 0 fully saturated rings. The van der Waals surface area contributed by atoms with Gasteiger partial charge < -0.3 is 21.3 Å². The van der Waals surface area contributed by atoms with Crippen LogP contribution in [0.25, 0.3) is 0 Å². The highest BCUT2D eigenvalue weighted by Crippen LogP contribution is 2.20. The average molecular weight is 409 g/mol. The van der Waals surface area contributed by atoms with Gasteiger partial charge >= 0.3 is 0 Å². The second kappa shape index (κ2) is 8.75. The minimum atomic E-state index is -0.526. The summed E-state index contributed by atoms with van der Waals surface area (Å²) in [7, 11) is 0. The first-order valence-electron chi connectivity index (χ1n) is 8.55. The molecule has 1 aromatic rings. The summed E-state index contributed by atoms with van der Waals surface area (Å²) in [5.74, 6) is -0.314. The van der Waals surface area contributed by atoms with Crippen LogP contribution in [0.15, 0.2) is 18.2 Å². The van der Waals surface area contributed by atoms with Crippen LogP contribution in [0.5, 0.6) is 0 Å². The van der Waals surface area contributed by atoms with Gasteiger partial charge in [-0.2, -0.15) is 0 Å². The van der Waals surface area contributed by atoms with Crippen molar-refractivity contribution >= 4 is 57.8 Å². The van der Waals surface area contributed by atoms with Gasteiger partial charge in [0.2, 0.25) is 11.8 Å². The minimum Gasteiger partial charge on any atom is -0.332 e. The van der Waals surface area contributed by atoms with Crippen LogP contribution in [0.3, 0.4) is 0 Å². The summed E-state index contributed by atoms with van der Waals surface area (Å²) in [6.45, 7) is 12.8. The van der Waals surface area contributed by atoms with Crippen LogP contribution < -0.4 is 21.3 Å². The molecule has 27 heavy (non-hydrogen) atoms. The number of amides is 2. The number of anilines is 2. The highest BCUT2D eigenvalue weighted by molar-refractivity contribution is 7.80. The van der Waals surface area contributed by atoms with Crippen molar-refractivity contribution in [2.45, 2.75) is 48.5 Å². The molecule has 0 aliphatic heterocycles. The number of aryl methyl sites for hydroxylation is 1. The molecule has 148 valence electrons. The van der Waals surface area contributed by atoms with E-state index in [4.69, 9.17) is 24.4 Å². The first-order chi connectivity index (χ1) is 12.2. The summed E-state index contributed by atoms with van der Waals surface area (Å²) < 4.78 is 0. The van der Waals surface area contributed by atoms with Gasteiger partial charge in [-0.25, -0.2) is 0 Å². The molecule has 0 heterocycles. The molecule has 1 aromatic carbocycles. The number of carbonyl (C=O) groups excluding carboxylic acids is 2. The van der Waals surface area contributed by atoms with Crippen LogP contribution >= 0.6 is 24.4 Å². The van der Waals surface area contributed by atoms with E-state index in [1.54, 1.807) is 6.07 Å². The Balaban J connectivity index is 2.71. The third-order valence-electron chi connectivity index (χ3n) is 3.55. The van der Waals surface area contributed by atoms with Gasteiger partial charge in [0.05, 0.1) is 0 Å². The SMILES string of the molecule is Cc1cc(NC(=S)NC(=O)C(C)(C)C)ccc1NC(=S)NC(=O)C(C)(C)C. The monoisotopic (exact) mass is 408 g/mol. The number of nitrogens with one attached hydrogen (secondary N) is 4. The second-order valence-corrected chi connectivity index (χ2v) is 9.16. The second-order valence-electron chi connectivity index (χ2n) is 8.35. The average Bonchev–Trinajstić information content (AvgIpc) is 2.47. The molecule has 8 heteroatoms. The maximum atomic E-state index is 12.0. The van der Waals surface area contributed by atoms with E-state index >= 15 is 0 Å². The van der Waals surface area contributed by atoms with Crippen molar-refractivity contribution in [3.63, 3.8) is 0 Å². The zero-order valence-electron chi connectivity index (χ0n) is 16.9. The van der Waals surface area contributed by atoms with Gasteiger partial charge in [-0.05, 0) is 55.1 Å². The van der Waals surface area contributed by atoms with E-state index in [0.29, 0.717) is 0 Å². The smallest absolute Gasteiger partial charge is 0.231 e. The van der Waals surface area contributed by atoms with Gasteiger partial charge in [0.25, 0.3) is 0 Å². The Labute approximate surface area is 171 Å². The molecule has 0 aromatic heterocycles. The van der Waals surface area contributed by atoms with Crippen LogP contribution in [-0.2, 0) is 9.59 Å². The van der Waals surface area contributed by atoms with Crippen LogP contribution in [-0.4, -0.2) is 22.0 Å². The molecule has 0 unspecified atom stereocenters. The van der Waals surface area contributed by atoms with Gasteiger partial charge in [0.15, 0.2) is 10.2 Å². The van der Waals surface area contributed by atoms with Crippen molar-refractivity contribution < 1.29 is 9.59 Å². The zero-order chi connectivity index (χ0) is 21.0. The van der Waals surface area contributed by atoms with Gasteiger partial charge in [-0.3, -0.25) is 9.59 Å². The molecule has 2 amide bonds. The van der Waals surface area contributed by atoms with Crippen molar-refractivity contribution in [2.24, 2.45) is 10.8 Å². The van der Waals surface area contributed by atoms with Crippen molar-refractivity contribution in [1.29, 1.82) is 0 Å². The maximum Gasteiger partial charge on any atom is 0.231 e. The lowest BCUT2D eigenvalue weighted by Crippen LogP contribution is -2.41. The number of benzene rings is 1. The van der Waals surface area contributed by atoms with E-state index in [1.807, 2.05) is 60.6 Å². The fourth-order valence-corrected chi connectivity index (χ4v) is 2.19. The number of rotatable bonds is 2. The predicted octanol–water partition coefficient (Wildman–Crippen LogP) is 3.71. The lowest BCUT2D eigenvalue weighted by molar-refractivity contribution is -0.127. The summed E-state index contributed by atoms with van der Waals surface area (Å²) >= 11 is 10.4. The predicted molar refractivity (Wildman–Crippen MR) is 119 cm³/mol. The first kappa shape index (κ1) is 23.0. The highest BCUT2D eigenvalue weighted by Gasteiger charge is 2.23. The minimum absolute atomic E-state index is 0.157. The van der Waals surface area contributed by atoms with E-state index in [-0.39, 0.29) is 22.0 Å². The molecular weight excluding hydrogens is 380 g/mol. The first-order valence-corrected chi connectivity index (χ1v) is 9.37. The highest BCUT2D eigenvalue weighted by atomic mass is 32.1. The van der Waals surface area contributed by atoms with Crippen molar-refractivity contribution in [3.05, 3.63) is 23.8 Å². The largest absolute Gasteiger partial charge is 0.332 e. The summed E-state index contributed by atoms with van der Waals surface area (Å²) in [6, 6.07) is 5.49. The molecule has 1 rings (SSSR count). The molecule has 0 saturated heterocycles. The van der Waals surface area contributed by atoms with E-state index in [1.165, 1.54) is 0 Å². The van der Waals surface area contributed by atoms with E-state index < -0.39 is 10.8 Å². The quantitative estimate of drug-likeness (QED) is 0.559. The number of hydrogen-bond donors (Lipinski definition) is 4. The Kier molecular flexibility index (Phi) is 7.45. The molecular formula is C19H28N4O2S2. The Morgan fingerprint density at radius 1 is 0.815 bits per heavy atom. The molecule has 0 radical (unpaired) electrons. The molecule has 6 nitrogen and oxygen atoms in total. The standard InChI is InChI=1S/C19H28N4O2S2/c1-11-10-12(20-16(26)22-14(24)18(2,3)4)8-9-13(11)21-17(27)23-15(25)19(5,6)7/h8-10H,1-7H3,(H2,20,22,24,26)(H2,21,23,25,27). The number of carbonyl (C=O) groups is 2. The number of hydrogen-bond acceptors (Lipinski definition) is 4. The number of thiocarbonyl (C=S) groups is 2. The van der Waals surface area contributed by atoms with Crippen LogP contribution in [0.1, 0.15) is 47.1 Å². The fraction of sp³-hybridized carbons (Fsp3) is 0.474. The van der Waals surface area contributed by atoms with Crippen LogP contribution in [0.4, 0.5) is 11.4 Å². The molecule has 0 atom stereocenters. The van der Waals surface area contributed by atoms with E-state index in [0.717, 1.165) is 16.9 Å². The Morgan fingerprint density at radius 3 is 1.67 bits per heavy atom. The van der Waals surface area contributed by atoms with Gasteiger partial charge in [-0.15, -0.1) is 0 Å². The normalized spacial score (nSPS) is 11.4. The summed E-state index contributed by atoms with van der Waals surface area (Å²) in [6.07, 6.45) is 0. The van der Waals surface area contributed by atoms with Crippen LogP contribution in [0, 0.1) is 17.8 Å². The van der Waals surface area contributed by atoms with E-state index in [9.17, 15) is 9.59 Å². The summed E-state index contributed by atoms with van der Waals surface area (Å²) in [5.41, 5.74) is 1.35.